The Morgan fingerprint density at radius 1 is 1.38 bits per heavy atom. The zero-order valence-corrected chi connectivity index (χ0v) is 13.5. The smallest absolute Gasteiger partial charge is 0.407 e. The van der Waals surface area contributed by atoms with Crippen LogP contribution >= 0.6 is 0 Å². The molecule has 0 saturated heterocycles. The van der Waals surface area contributed by atoms with E-state index in [2.05, 4.69) is 5.32 Å². The molecule has 21 heavy (non-hydrogen) atoms. The molecule has 0 spiro atoms. The SMILES string of the molecule is COc1ccc(CC(CN)NC(=O)OC(C)(C)C)cc1C. The molecule has 0 aromatic heterocycles. The van der Waals surface area contributed by atoms with Crippen LogP contribution in [0.3, 0.4) is 0 Å². The molecule has 1 aromatic carbocycles. The third kappa shape index (κ3) is 6.04. The molecule has 1 amide bonds. The van der Waals surface area contributed by atoms with Crippen molar-refractivity contribution in [2.75, 3.05) is 13.7 Å². The van der Waals surface area contributed by atoms with Crippen LogP contribution in [-0.4, -0.2) is 31.4 Å². The minimum absolute atomic E-state index is 0.160. The second kappa shape index (κ2) is 7.31. The summed E-state index contributed by atoms with van der Waals surface area (Å²) in [6.45, 7) is 7.83. The van der Waals surface area contributed by atoms with Gasteiger partial charge in [0.2, 0.25) is 0 Å². The van der Waals surface area contributed by atoms with E-state index in [0.717, 1.165) is 16.9 Å². The summed E-state index contributed by atoms with van der Waals surface area (Å²) in [5.41, 5.74) is 7.37. The fourth-order valence-electron chi connectivity index (χ4n) is 2.02. The Balaban J connectivity index is 2.66. The van der Waals surface area contributed by atoms with Gasteiger partial charge in [-0.15, -0.1) is 0 Å². The summed E-state index contributed by atoms with van der Waals surface area (Å²) in [5.74, 6) is 0.850. The summed E-state index contributed by atoms with van der Waals surface area (Å²) < 4.78 is 10.5. The van der Waals surface area contributed by atoms with Gasteiger partial charge in [0.25, 0.3) is 0 Å². The van der Waals surface area contributed by atoms with Crippen molar-refractivity contribution in [1.29, 1.82) is 0 Å². The zero-order valence-electron chi connectivity index (χ0n) is 13.5. The van der Waals surface area contributed by atoms with E-state index in [0.29, 0.717) is 13.0 Å². The lowest BCUT2D eigenvalue weighted by Crippen LogP contribution is -2.44. The van der Waals surface area contributed by atoms with Crippen LogP contribution in [0.15, 0.2) is 18.2 Å². The molecule has 5 nitrogen and oxygen atoms in total. The van der Waals surface area contributed by atoms with Crippen molar-refractivity contribution in [2.24, 2.45) is 5.73 Å². The molecule has 0 radical (unpaired) electrons. The highest BCUT2D eigenvalue weighted by Crippen LogP contribution is 2.19. The highest BCUT2D eigenvalue weighted by Gasteiger charge is 2.19. The third-order valence-corrected chi connectivity index (χ3v) is 2.95. The van der Waals surface area contributed by atoms with E-state index in [1.807, 2.05) is 45.9 Å². The monoisotopic (exact) mass is 294 g/mol. The molecule has 0 aliphatic carbocycles. The second-order valence-electron chi connectivity index (χ2n) is 6.09. The first-order chi connectivity index (χ1) is 9.75. The minimum Gasteiger partial charge on any atom is -0.496 e. The lowest BCUT2D eigenvalue weighted by Gasteiger charge is -2.23. The summed E-state index contributed by atoms with van der Waals surface area (Å²) in [7, 11) is 1.65. The number of nitrogens with one attached hydrogen (secondary N) is 1. The molecule has 0 aliphatic rings. The predicted molar refractivity (Wildman–Crippen MR) is 83.6 cm³/mol. The number of nitrogens with two attached hydrogens (primary N) is 1. The fraction of sp³-hybridized carbons (Fsp3) is 0.562. The van der Waals surface area contributed by atoms with Crippen molar-refractivity contribution in [2.45, 2.75) is 45.8 Å². The number of methoxy groups -OCH3 is 1. The molecule has 0 fully saturated rings. The Hall–Kier alpha value is -1.75. The van der Waals surface area contributed by atoms with E-state index in [9.17, 15) is 4.79 Å². The Kier molecular flexibility index (Phi) is 6.03. The Morgan fingerprint density at radius 3 is 2.52 bits per heavy atom. The predicted octanol–water partition coefficient (Wildman–Crippen LogP) is 2.40. The number of alkyl carbamates (subject to hydrolysis) is 1. The summed E-state index contributed by atoms with van der Waals surface area (Å²) >= 11 is 0. The number of amides is 1. The maximum Gasteiger partial charge on any atom is 0.407 e. The van der Waals surface area contributed by atoms with Gasteiger partial charge in [0.05, 0.1) is 7.11 Å². The van der Waals surface area contributed by atoms with E-state index in [1.165, 1.54) is 0 Å². The van der Waals surface area contributed by atoms with Crippen LogP contribution in [0.2, 0.25) is 0 Å². The van der Waals surface area contributed by atoms with Crippen LogP contribution < -0.4 is 15.8 Å². The first-order valence-corrected chi connectivity index (χ1v) is 7.08. The van der Waals surface area contributed by atoms with Gasteiger partial charge in [-0.2, -0.15) is 0 Å². The summed E-state index contributed by atoms with van der Waals surface area (Å²) in [5, 5.41) is 2.80. The fourth-order valence-corrected chi connectivity index (χ4v) is 2.02. The number of aryl methyl sites for hydroxylation is 1. The van der Waals surface area contributed by atoms with Crippen LogP contribution in [0.5, 0.6) is 5.75 Å². The quantitative estimate of drug-likeness (QED) is 0.874. The maximum absolute atomic E-state index is 11.8. The first-order valence-electron chi connectivity index (χ1n) is 7.08. The van der Waals surface area contributed by atoms with E-state index in [1.54, 1.807) is 7.11 Å². The molecule has 0 heterocycles. The van der Waals surface area contributed by atoms with Gasteiger partial charge in [0.15, 0.2) is 0 Å². The molecular formula is C16H26N2O3. The lowest BCUT2D eigenvalue weighted by atomic mass is 10.0. The number of carbonyl (C=O) groups excluding carboxylic acids is 1. The Morgan fingerprint density at radius 2 is 2.05 bits per heavy atom. The topological polar surface area (TPSA) is 73.6 Å². The molecule has 1 rings (SSSR count). The van der Waals surface area contributed by atoms with E-state index in [-0.39, 0.29) is 6.04 Å². The number of hydrogen-bond acceptors (Lipinski definition) is 4. The van der Waals surface area contributed by atoms with Crippen molar-refractivity contribution in [3.05, 3.63) is 29.3 Å². The molecule has 1 aromatic rings. The van der Waals surface area contributed by atoms with Gasteiger partial charge in [-0.05, 0) is 51.3 Å². The molecule has 0 saturated carbocycles. The standard InChI is InChI=1S/C16H26N2O3/c1-11-8-12(6-7-14(11)20-5)9-13(10-17)18-15(19)21-16(2,3)4/h6-8,13H,9-10,17H2,1-5H3,(H,18,19). The van der Waals surface area contributed by atoms with Gasteiger partial charge in [0, 0.05) is 12.6 Å². The van der Waals surface area contributed by atoms with Crippen molar-refractivity contribution in [1.82, 2.24) is 5.32 Å². The molecule has 1 atom stereocenters. The summed E-state index contributed by atoms with van der Waals surface area (Å²) in [6, 6.07) is 5.78. The van der Waals surface area contributed by atoms with Crippen molar-refractivity contribution >= 4 is 6.09 Å². The maximum atomic E-state index is 11.8. The van der Waals surface area contributed by atoms with Gasteiger partial charge < -0.3 is 20.5 Å². The molecule has 3 N–H and O–H groups in total. The van der Waals surface area contributed by atoms with Crippen LogP contribution in [0.1, 0.15) is 31.9 Å². The largest absolute Gasteiger partial charge is 0.496 e. The zero-order chi connectivity index (χ0) is 16.0. The minimum atomic E-state index is -0.514. The molecule has 0 bridgehead atoms. The third-order valence-electron chi connectivity index (χ3n) is 2.95. The van der Waals surface area contributed by atoms with Crippen LogP contribution in [0.4, 0.5) is 4.79 Å². The van der Waals surface area contributed by atoms with E-state index in [4.69, 9.17) is 15.2 Å². The number of ether oxygens (including phenoxy) is 2. The van der Waals surface area contributed by atoms with E-state index < -0.39 is 11.7 Å². The van der Waals surface area contributed by atoms with Gasteiger partial charge in [-0.1, -0.05) is 12.1 Å². The number of hydrogen-bond donors (Lipinski definition) is 2. The summed E-state index contributed by atoms with van der Waals surface area (Å²) in [4.78, 5) is 11.8. The second-order valence-corrected chi connectivity index (χ2v) is 6.09. The number of benzene rings is 1. The average molecular weight is 294 g/mol. The van der Waals surface area contributed by atoms with Crippen molar-refractivity contribution in [3.63, 3.8) is 0 Å². The van der Waals surface area contributed by atoms with Crippen molar-refractivity contribution < 1.29 is 14.3 Å². The van der Waals surface area contributed by atoms with Crippen LogP contribution in [-0.2, 0) is 11.2 Å². The van der Waals surface area contributed by atoms with Gasteiger partial charge in [-0.25, -0.2) is 4.79 Å². The number of rotatable bonds is 5. The normalized spacial score (nSPS) is 12.7. The lowest BCUT2D eigenvalue weighted by molar-refractivity contribution is 0.0506. The van der Waals surface area contributed by atoms with E-state index >= 15 is 0 Å². The van der Waals surface area contributed by atoms with Crippen LogP contribution in [0, 0.1) is 6.92 Å². The molecular weight excluding hydrogens is 268 g/mol. The van der Waals surface area contributed by atoms with Gasteiger partial charge >= 0.3 is 6.09 Å². The molecule has 118 valence electrons. The summed E-state index contributed by atoms with van der Waals surface area (Å²) in [6.07, 6.45) is 0.212. The van der Waals surface area contributed by atoms with Gasteiger partial charge in [0.1, 0.15) is 11.4 Å². The average Bonchev–Trinajstić information content (AvgIpc) is 2.36. The highest BCUT2D eigenvalue weighted by molar-refractivity contribution is 5.68. The van der Waals surface area contributed by atoms with Gasteiger partial charge in [-0.3, -0.25) is 0 Å². The number of carbonyl (C=O) groups is 1. The van der Waals surface area contributed by atoms with Crippen molar-refractivity contribution in [3.8, 4) is 5.75 Å². The van der Waals surface area contributed by atoms with Crippen LogP contribution in [0.25, 0.3) is 0 Å². The molecule has 0 aliphatic heterocycles. The molecule has 1 unspecified atom stereocenters. The highest BCUT2D eigenvalue weighted by atomic mass is 16.6. The first kappa shape index (κ1) is 17.3. The Labute approximate surface area is 126 Å². The Bertz CT molecular complexity index is 481. The molecule has 5 heteroatoms.